The predicted octanol–water partition coefficient (Wildman–Crippen LogP) is -0.457. The summed E-state index contributed by atoms with van der Waals surface area (Å²) >= 11 is 0. The highest BCUT2D eigenvalue weighted by atomic mass is 16.3. The van der Waals surface area contributed by atoms with Crippen LogP contribution >= 0.6 is 0 Å². The van der Waals surface area contributed by atoms with Crippen molar-refractivity contribution in [3.05, 3.63) is 30.2 Å². The number of aromatic nitrogens is 3. The molecule has 2 aromatic rings. The summed E-state index contributed by atoms with van der Waals surface area (Å²) in [6, 6.07) is 1.85. The minimum Gasteiger partial charge on any atom is -0.387 e. The summed E-state index contributed by atoms with van der Waals surface area (Å²) in [5, 5.41) is 20.8. The lowest BCUT2D eigenvalue weighted by atomic mass is 10.0. The number of β-amino-alcohol motifs (C(OH)–C–C–N with tert-alkyl or cyclic N) is 1. The number of hydrogen-bond donors (Lipinski definition) is 3. The molecule has 0 amide bonds. The molecule has 0 spiro atoms. The van der Waals surface area contributed by atoms with Gasteiger partial charge in [-0.1, -0.05) is 0 Å². The quantitative estimate of drug-likeness (QED) is 0.682. The Balaban J connectivity index is 1.63. The Morgan fingerprint density at radius 3 is 3.33 bits per heavy atom. The molecule has 3 rings (SSSR count). The maximum atomic E-state index is 10.2. The second-order valence-corrected chi connectivity index (χ2v) is 4.81. The Kier molecular flexibility index (Phi) is 2.99. The number of fused-ring (bicyclic) bond motifs is 1. The lowest BCUT2D eigenvalue weighted by Gasteiger charge is -2.21. The topological polar surface area (TPSA) is 74.5 Å². The van der Waals surface area contributed by atoms with Gasteiger partial charge in [-0.25, -0.2) is 9.50 Å². The molecule has 1 fully saturated rings. The normalized spacial score (nSPS) is 23.8. The molecule has 6 heteroatoms. The van der Waals surface area contributed by atoms with E-state index in [1.807, 2.05) is 18.5 Å². The molecule has 1 saturated heterocycles. The van der Waals surface area contributed by atoms with E-state index in [1.165, 1.54) is 0 Å². The van der Waals surface area contributed by atoms with Crippen LogP contribution < -0.4 is 10.6 Å². The van der Waals surface area contributed by atoms with Crippen molar-refractivity contribution in [1.29, 1.82) is 0 Å². The van der Waals surface area contributed by atoms with Crippen LogP contribution in [0.5, 0.6) is 0 Å². The molecule has 0 saturated carbocycles. The fourth-order valence-corrected chi connectivity index (χ4v) is 2.31. The van der Waals surface area contributed by atoms with Crippen LogP contribution in [-0.2, 0) is 6.54 Å². The Labute approximate surface area is 105 Å². The van der Waals surface area contributed by atoms with Crippen molar-refractivity contribution in [1.82, 2.24) is 25.2 Å². The molecule has 1 atom stereocenters. The van der Waals surface area contributed by atoms with Crippen molar-refractivity contribution in [3.8, 4) is 0 Å². The van der Waals surface area contributed by atoms with Crippen molar-refractivity contribution < 1.29 is 5.11 Å². The van der Waals surface area contributed by atoms with Crippen molar-refractivity contribution in [2.24, 2.45) is 0 Å². The van der Waals surface area contributed by atoms with E-state index in [-0.39, 0.29) is 0 Å². The zero-order valence-electron chi connectivity index (χ0n) is 10.1. The summed E-state index contributed by atoms with van der Waals surface area (Å²) in [7, 11) is 0. The van der Waals surface area contributed by atoms with Gasteiger partial charge in [0, 0.05) is 37.6 Å². The third-order valence-electron chi connectivity index (χ3n) is 3.34. The van der Waals surface area contributed by atoms with E-state index in [9.17, 15) is 5.11 Å². The Hall–Kier alpha value is -1.50. The molecule has 6 nitrogen and oxygen atoms in total. The van der Waals surface area contributed by atoms with Crippen LogP contribution in [0, 0.1) is 0 Å². The first-order valence-corrected chi connectivity index (χ1v) is 6.18. The summed E-state index contributed by atoms with van der Waals surface area (Å²) in [6.45, 7) is 2.80. The average molecular weight is 247 g/mol. The number of aliphatic hydroxyl groups is 1. The zero-order valence-corrected chi connectivity index (χ0v) is 10.1. The van der Waals surface area contributed by atoms with Crippen molar-refractivity contribution in [3.63, 3.8) is 0 Å². The lowest BCUT2D eigenvalue weighted by Crippen LogP contribution is -2.42. The van der Waals surface area contributed by atoms with E-state index in [4.69, 9.17) is 0 Å². The molecule has 1 aliphatic heterocycles. The highest BCUT2D eigenvalue weighted by Gasteiger charge is 2.30. The van der Waals surface area contributed by atoms with Crippen LogP contribution in [-0.4, -0.2) is 44.9 Å². The molecule has 0 radical (unpaired) electrons. The first kappa shape index (κ1) is 11.6. The van der Waals surface area contributed by atoms with Gasteiger partial charge < -0.3 is 15.7 Å². The van der Waals surface area contributed by atoms with Crippen LogP contribution in [0.3, 0.4) is 0 Å². The average Bonchev–Trinajstić information content (AvgIpc) is 2.97. The Morgan fingerprint density at radius 1 is 1.56 bits per heavy atom. The number of nitrogens with one attached hydrogen (secondary N) is 2. The lowest BCUT2D eigenvalue weighted by molar-refractivity contribution is 0.0609. The Morgan fingerprint density at radius 2 is 2.50 bits per heavy atom. The SMILES string of the molecule is O[C@@]1(CNCc2cnn3cccnc23)CCNC1. The largest absolute Gasteiger partial charge is 0.387 e. The van der Waals surface area contributed by atoms with E-state index in [0.717, 1.165) is 24.2 Å². The minimum atomic E-state index is -0.615. The molecule has 96 valence electrons. The molecule has 18 heavy (non-hydrogen) atoms. The second kappa shape index (κ2) is 4.64. The van der Waals surface area contributed by atoms with Gasteiger partial charge in [0.25, 0.3) is 0 Å². The van der Waals surface area contributed by atoms with Gasteiger partial charge in [-0.15, -0.1) is 0 Å². The monoisotopic (exact) mass is 247 g/mol. The molecule has 3 N–H and O–H groups in total. The highest BCUT2D eigenvalue weighted by molar-refractivity contribution is 5.45. The minimum absolute atomic E-state index is 0.587. The first-order chi connectivity index (χ1) is 8.77. The molecule has 3 heterocycles. The van der Waals surface area contributed by atoms with Gasteiger partial charge in [-0.3, -0.25) is 0 Å². The smallest absolute Gasteiger partial charge is 0.159 e. The number of rotatable bonds is 4. The highest BCUT2D eigenvalue weighted by Crippen LogP contribution is 2.13. The van der Waals surface area contributed by atoms with E-state index in [1.54, 1.807) is 10.7 Å². The van der Waals surface area contributed by atoms with Crippen LogP contribution in [0.15, 0.2) is 24.7 Å². The molecule has 0 aliphatic carbocycles. The number of nitrogens with zero attached hydrogens (tertiary/aromatic N) is 3. The molecule has 1 aliphatic rings. The van der Waals surface area contributed by atoms with Crippen LogP contribution in [0.4, 0.5) is 0 Å². The van der Waals surface area contributed by atoms with E-state index in [2.05, 4.69) is 20.7 Å². The molecule has 2 aromatic heterocycles. The maximum Gasteiger partial charge on any atom is 0.159 e. The third kappa shape index (κ3) is 2.22. The van der Waals surface area contributed by atoms with Gasteiger partial charge in [0.1, 0.15) is 0 Å². The predicted molar refractivity (Wildman–Crippen MR) is 67.1 cm³/mol. The van der Waals surface area contributed by atoms with Gasteiger partial charge in [-0.05, 0) is 19.0 Å². The summed E-state index contributed by atoms with van der Waals surface area (Å²) in [5.41, 5.74) is 1.29. The summed E-state index contributed by atoms with van der Waals surface area (Å²) in [4.78, 5) is 4.29. The van der Waals surface area contributed by atoms with Crippen molar-refractivity contribution in [2.45, 2.75) is 18.6 Å². The summed E-state index contributed by atoms with van der Waals surface area (Å²) in [5.74, 6) is 0. The molecule has 0 unspecified atom stereocenters. The van der Waals surface area contributed by atoms with Gasteiger partial charge in [-0.2, -0.15) is 5.10 Å². The number of hydrogen-bond acceptors (Lipinski definition) is 5. The van der Waals surface area contributed by atoms with Crippen LogP contribution in [0.25, 0.3) is 5.65 Å². The molecular formula is C12H17N5O. The van der Waals surface area contributed by atoms with Crippen molar-refractivity contribution in [2.75, 3.05) is 19.6 Å². The van der Waals surface area contributed by atoms with Crippen molar-refractivity contribution >= 4 is 5.65 Å². The van der Waals surface area contributed by atoms with E-state index in [0.29, 0.717) is 19.6 Å². The summed E-state index contributed by atoms with van der Waals surface area (Å²) in [6.07, 6.45) is 6.24. The fraction of sp³-hybridized carbons (Fsp3) is 0.500. The zero-order chi connectivity index (χ0) is 12.4. The van der Waals surface area contributed by atoms with Gasteiger partial charge >= 0.3 is 0 Å². The van der Waals surface area contributed by atoms with Crippen LogP contribution in [0.2, 0.25) is 0 Å². The molecule has 0 bridgehead atoms. The second-order valence-electron chi connectivity index (χ2n) is 4.81. The van der Waals surface area contributed by atoms with Gasteiger partial charge in [0.15, 0.2) is 5.65 Å². The Bertz CT molecular complexity index is 532. The summed E-state index contributed by atoms with van der Waals surface area (Å²) < 4.78 is 1.75. The van der Waals surface area contributed by atoms with E-state index < -0.39 is 5.60 Å². The van der Waals surface area contributed by atoms with Gasteiger partial charge in [0.05, 0.1) is 11.8 Å². The molecule has 0 aromatic carbocycles. The third-order valence-corrected chi connectivity index (χ3v) is 3.34. The molecular weight excluding hydrogens is 230 g/mol. The van der Waals surface area contributed by atoms with Crippen LogP contribution in [0.1, 0.15) is 12.0 Å². The van der Waals surface area contributed by atoms with Gasteiger partial charge in [0.2, 0.25) is 0 Å². The van der Waals surface area contributed by atoms with E-state index >= 15 is 0 Å². The maximum absolute atomic E-state index is 10.2. The standard InChI is InChI=1S/C12H17N5O/c18-12(2-4-13-8-12)9-14-6-10-7-16-17-5-1-3-15-11(10)17/h1,3,5,7,13-14,18H,2,4,6,8-9H2/t12-/m0/s1. The fourth-order valence-electron chi connectivity index (χ4n) is 2.31. The first-order valence-electron chi connectivity index (χ1n) is 6.18.